The molecule has 0 saturated heterocycles. The Kier molecular flexibility index (Phi) is 3.77. The van der Waals surface area contributed by atoms with Crippen LogP contribution in [0.25, 0.3) is 33.2 Å². The van der Waals surface area contributed by atoms with Gasteiger partial charge in [-0.3, -0.25) is 0 Å². The molecule has 3 nitrogen and oxygen atoms in total. The number of hydrogen-bond donors (Lipinski definition) is 0. The number of nitriles is 1. The normalized spacial score (nSPS) is 11.4. The van der Waals surface area contributed by atoms with E-state index in [1.54, 1.807) is 0 Å². The highest BCUT2D eigenvalue weighted by molar-refractivity contribution is 6.13. The van der Waals surface area contributed by atoms with Crippen LogP contribution in [0.2, 0.25) is 0 Å². The molecule has 26 heavy (non-hydrogen) atoms. The van der Waals surface area contributed by atoms with Gasteiger partial charge in [0.1, 0.15) is 18.2 Å². The maximum atomic E-state index is 9.52. The maximum absolute atomic E-state index is 9.52. The smallest absolute Gasteiger partial charge is 0.213 e. The fourth-order valence-corrected chi connectivity index (χ4v) is 3.84. The highest BCUT2D eigenvalue weighted by Gasteiger charge is 2.23. The highest BCUT2D eigenvalue weighted by atomic mass is 16.3. The average molecular weight is 341 g/mol. The van der Waals surface area contributed by atoms with Crippen molar-refractivity contribution in [3.05, 3.63) is 65.4 Å². The van der Waals surface area contributed by atoms with Crippen molar-refractivity contribution in [1.29, 1.82) is 5.26 Å². The van der Waals surface area contributed by atoms with Crippen LogP contribution in [-0.4, -0.2) is 0 Å². The van der Waals surface area contributed by atoms with E-state index in [0.29, 0.717) is 5.56 Å². The van der Waals surface area contributed by atoms with Crippen LogP contribution in [0.3, 0.4) is 0 Å². The van der Waals surface area contributed by atoms with E-state index < -0.39 is 0 Å². The Bertz CT molecular complexity index is 1190. The first-order chi connectivity index (χ1) is 12.5. The van der Waals surface area contributed by atoms with Crippen LogP contribution in [0, 0.1) is 18.3 Å². The second kappa shape index (κ2) is 6.00. The zero-order valence-corrected chi connectivity index (χ0v) is 15.5. The van der Waals surface area contributed by atoms with Crippen LogP contribution in [-0.2, 0) is 7.05 Å². The largest absolute Gasteiger partial charge is 0.456 e. The number of furan rings is 1. The molecule has 0 radical (unpaired) electrons. The van der Waals surface area contributed by atoms with Crippen molar-refractivity contribution < 1.29 is 8.98 Å². The topological polar surface area (TPSA) is 40.8 Å². The minimum atomic E-state index is 0.214. The Morgan fingerprint density at radius 3 is 2.58 bits per heavy atom. The number of pyridine rings is 1. The number of nitrogens with zero attached hydrogens (tertiary/aromatic N) is 2. The van der Waals surface area contributed by atoms with E-state index in [1.165, 1.54) is 11.1 Å². The molecule has 2 heterocycles. The van der Waals surface area contributed by atoms with Crippen LogP contribution >= 0.6 is 0 Å². The summed E-state index contributed by atoms with van der Waals surface area (Å²) >= 11 is 0. The molecule has 0 aliphatic carbocycles. The maximum Gasteiger partial charge on any atom is 0.213 e. The SMILES string of the molecule is Cc1ccc2oc3c(C(C)C)c(C#N)ccc3c2c1-c1cccc[n+]1C. The van der Waals surface area contributed by atoms with Crippen molar-refractivity contribution in [3.8, 4) is 17.3 Å². The van der Waals surface area contributed by atoms with Crippen LogP contribution in [0.15, 0.2) is 53.1 Å². The van der Waals surface area contributed by atoms with Gasteiger partial charge in [-0.15, -0.1) is 0 Å². The van der Waals surface area contributed by atoms with Crippen molar-refractivity contribution in [2.45, 2.75) is 26.7 Å². The van der Waals surface area contributed by atoms with Gasteiger partial charge in [-0.1, -0.05) is 19.9 Å². The molecule has 0 unspecified atom stereocenters. The molecule has 0 N–H and O–H groups in total. The molecular weight excluding hydrogens is 320 g/mol. The molecule has 0 aliphatic rings. The Morgan fingerprint density at radius 2 is 1.88 bits per heavy atom. The first kappa shape index (κ1) is 16.4. The monoisotopic (exact) mass is 341 g/mol. The molecule has 4 rings (SSSR count). The minimum absolute atomic E-state index is 0.214. The number of rotatable bonds is 2. The molecule has 0 bridgehead atoms. The molecule has 0 aliphatic heterocycles. The molecule has 3 heteroatoms. The van der Waals surface area contributed by atoms with Crippen LogP contribution in [0.4, 0.5) is 0 Å². The Hall–Kier alpha value is -3.12. The van der Waals surface area contributed by atoms with Gasteiger partial charge in [0.15, 0.2) is 6.20 Å². The Morgan fingerprint density at radius 1 is 1.08 bits per heavy atom. The lowest BCUT2D eigenvalue weighted by Crippen LogP contribution is -2.30. The summed E-state index contributed by atoms with van der Waals surface area (Å²) in [7, 11) is 2.06. The third-order valence-corrected chi connectivity index (χ3v) is 5.06. The van der Waals surface area contributed by atoms with Crippen molar-refractivity contribution in [1.82, 2.24) is 0 Å². The summed E-state index contributed by atoms with van der Waals surface area (Å²) in [6.45, 7) is 6.34. The fourth-order valence-electron chi connectivity index (χ4n) is 3.84. The standard InChI is InChI=1S/C23H21N2O/c1-14(2)20-16(13-24)9-10-17-22-19(26-23(17)20)11-8-15(3)21(22)18-7-5-6-12-25(18)4/h5-12,14H,1-4H3/q+1. The van der Waals surface area contributed by atoms with Gasteiger partial charge >= 0.3 is 0 Å². The molecule has 0 amide bonds. The zero-order valence-electron chi connectivity index (χ0n) is 15.5. The van der Waals surface area contributed by atoms with Gasteiger partial charge < -0.3 is 4.42 Å². The zero-order chi connectivity index (χ0) is 18.4. The van der Waals surface area contributed by atoms with E-state index in [-0.39, 0.29) is 5.92 Å². The van der Waals surface area contributed by atoms with E-state index in [4.69, 9.17) is 4.42 Å². The van der Waals surface area contributed by atoms with Gasteiger partial charge in [0.2, 0.25) is 5.69 Å². The molecule has 128 valence electrons. The molecule has 0 saturated carbocycles. The lowest BCUT2D eigenvalue weighted by atomic mass is 9.93. The first-order valence-corrected chi connectivity index (χ1v) is 8.86. The minimum Gasteiger partial charge on any atom is -0.456 e. The number of fused-ring (bicyclic) bond motifs is 3. The van der Waals surface area contributed by atoms with E-state index in [9.17, 15) is 5.26 Å². The van der Waals surface area contributed by atoms with Crippen molar-refractivity contribution in [3.63, 3.8) is 0 Å². The third kappa shape index (κ3) is 2.30. The lowest BCUT2D eigenvalue weighted by molar-refractivity contribution is -0.660. The quantitative estimate of drug-likeness (QED) is 0.459. The van der Waals surface area contributed by atoms with Crippen LogP contribution in [0.1, 0.15) is 36.5 Å². The van der Waals surface area contributed by atoms with Crippen molar-refractivity contribution in [2.75, 3.05) is 0 Å². The summed E-state index contributed by atoms with van der Waals surface area (Å²) in [6, 6.07) is 16.6. The Labute approximate surface area is 153 Å². The van der Waals surface area contributed by atoms with Gasteiger partial charge in [0.25, 0.3) is 0 Å². The first-order valence-electron chi connectivity index (χ1n) is 8.86. The fraction of sp³-hybridized carbons (Fsp3) is 0.217. The molecule has 2 aromatic heterocycles. The predicted octanol–water partition coefficient (Wildman–Crippen LogP) is 5.38. The summed E-state index contributed by atoms with van der Waals surface area (Å²) in [5, 5.41) is 11.7. The number of aromatic nitrogens is 1. The van der Waals surface area contributed by atoms with Crippen LogP contribution < -0.4 is 4.57 Å². The van der Waals surface area contributed by atoms with E-state index in [0.717, 1.165) is 33.2 Å². The molecule has 2 aromatic carbocycles. The second-order valence-electron chi connectivity index (χ2n) is 7.10. The van der Waals surface area contributed by atoms with Gasteiger partial charge in [0.05, 0.1) is 17.2 Å². The van der Waals surface area contributed by atoms with Gasteiger partial charge in [-0.25, -0.2) is 4.57 Å². The van der Waals surface area contributed by atoms with Crippen molar-refractivity contribution >= 4 is 21.9 Å². The average Bonchev–Trinajstić information content (AvgIpc) is 3.00. The predicted molar refractivity (Wildman–Crippen MR) is 104 cm³/mol. The van der Waals surface area contributed by atoms with E-state index in [1.807, 2.05) is 24.3 Å². The summed E-state index contributed by atoms with van der Waals surface area (Å²) in [5.74, 6) is 0.214. The molecular formula is C23H21N2O+. The number of aryl methyl sites for hydroxylation is 2. The molecule has 0 spiro atoms. The van der Waals surface area contributed by atoms with Crippen LogP contribution in [0.5, 0.6) is 0 Å². The van der Waals surface area contributed by atoms with E-state index in [2.05, 4.69) is 62.9 Å². The lowest BCUT2D eigenvalue weighted by Gasteiger charge is -2.08. The number of hydrogen-bond acceptors (Lipinski definition) is 2. The number of benzene rings is 2. The van der Waals surface area contributed by atoms with Crippen molar-refractivity contribution in [2.24, 2.45) is 7.05 Å². The molecule has 4 aromatic rings. The Balaban J connectivity index is 2.20. The second-order valence-corrected chi connectivity index (χ2v) is 7.10. The summed E-state index contributed by atoms with van der Waals surface area (Å²) in [5.41, 5.74) is 6.91. The molecule has 0 atom stereocenters. The van der Waals surface area contributed by atoms with Gasteiger partial charge in [-0.05, 0) is 42.7 Å². The summed E-state index contributed by atoms with van der Waals surface area (Å²) < 4.78 is 8.42. The summed E-state index contributed by atoms with van der Waals surface area (Å²) in [4.78, 5) is 0. The molecule has 0 fully saturated rings. The van der Waals surface area contributed by atoms with Gasteiger partial charge in [-0.2, -0.15) is 5.26 Å². The summed E-state index contributed by atoms with van der Waals surface area (Å²) in [6.07, 6.45) is 2.06. The van der Waals surface area contributed by atoms with Gasteiger partial charge in [0, 0.05) is 28.5 Å². The third-order valence-electron chi connectivity index (χ3n) is 5.06. The van der Waals surface area contributed by atoms with E-state index >= 15 is 0 Å². The highest BCUT2D eigenvalue weighted by Crippen LogP contribution is 2.40.